The largest absolute Gasteiger partial charge is 0.350 e. The molecule has 1 aliphatic heterocycles. The number of pyridine rings is 1. The van der Waals surface area contributed by atoms with Crippen LogP contribution in [0.1, 0.15) is 43.0 Å². The van der Waals surface area contributed by atoms with Gasteiger partial charge in [-0.1, -0.05) is 6.07 Å². The van der Waals surface area contributed by atoms with Crippen LogP contribution in [0, 0.1) is 5.92 Å². The molecule has 24 heavy (non-hydrogen) atoms. The number of rotatable bonds is 5. The number of carbonyl (C=O) groups is 1. The summed E-state index contributed by atoms with van der Waals surface area (Å²) in [6.45, 7) is 5.47. The molecule has 0 aromatic carbocycles. The number of nitrogens with one attached hydrogen (secondary N) is 1. The number of hydrogen-bond donors (Lipinski definition) is 1. The molecular weight excluding hydrogens is 302 g/mol. The van der Waals surface area contributed by atoms with Gasteiger partial charge in [0.2, 0.25) is 5.91 Å². The average molecular weight is 325 g/mol. The summed E-state index contributed by atoms with van der Waals surface area (Å²) in [5.41, 5.74) is 2.18. The first-order valence-electron chi connectivity index (χ1n) is 8.68. The molecule has 1 saturated carbocycles. The first-order chi connectivity index (χ1) is 11.7. The summed E-state index contributed by atoms with van der Waals surface area (Å²) in [5, 5.41) is 3.04. The Kier molecular flexibility index (Phi) is 4.06. The van der Waals surface area contributed by atoms with Crippen molar-refractivity contribution >= 4 is 5.91 Å². The fourth-order valence-corrected chi connectivity index (χ4v) is 3.33. The van der Waals surface area contributed by atoms with E-state index in [2.05, 4.69) is 37.7 Å². The second kappa shape index (κ2) is 6.36. The van der Waals surface area contributed by atoms with Gasteiger partial charge in [-0.05, 0) is 31.9 Å². The molecule has 1 atom stereocenters. The number of imidazole rings is 1. The van der Waals surface area contributed by atoms with Gasteiger partial charge in [0.05, 0.1) is 30.2 Å². The highest BCUT2D eigenvalue weighted by Gasteiger charge is 2.30. The minimum atomic E-state index is 0.186. The lowest BCUT2D eigenvalue weighted by atomic mass is 10.2. The molecule has 1 amide bonds. The van der Waals surface area contributed by atoms with Gasteiger partial charge < -0.3 is 9.88 Å². The third kappa shape index (κ3) is 3.06. The van der Waals surface area contributed by atoms with Gasteiger partial charge in [-0.3, -0.25) is 14.7 Å². The number of aromatic nitrogens is 3. The van der Waals surface area contributed by atoms with Crippen LogP contribution in [0.25, 0.3) is 0 Å². The fraction of sp³-hybridized carbons (Fsp3) is 0.500. The molecule has 4 rings (SSSR count). The van der Waals surface area contributed by atoms with Gasteiger partial charge in [0, 0.05) is 31.7 Å². The van der Waals surface area contributed by atoms with E-state index < -0.39 is 0 Å². The second-order valence-corrected chi connectivity index (χ2v) is 6.72. The van der Waals surface area contributed by atoms with Gasteiger partial charge in [-0.25, -0.2) is 4.98 Å². The Morgan fingerprint density at radius 2 is 2.17 bits per heavy atom. The predicted molar refractivity (Wildman–Crippen MR) is 89.9 cm³/mol. The Labute approximate surface area is 141 Å². The molecule has 0 radical (unpaired) electrons. The normalized spacial score (nSPS) is 20.6. The topological polar surface area (TPSA) is 63.1 Å². The van der Waals surface area contributed by atoms with Crippen molar-refractivity contribution in [2.24, 2.45) is 5.92 Å². The molecule has 1 aliphatic carbocycles. The van der Waals surface area contributed by atoms with Crippen molar-refractivity contribution in [3.8, 4) is 0 Å². The third-order valence-corrected chi connectivity index (χ3v) is 4.98. The number of fused-ring (bicyclic) bond motifs is 1. The Hall–Kier alpha value is -2.21. The summed E-state index contributed by atoms with van der Waals surface area (Å²) in [5.74, 6) is 1.51. The van der Waals surface area contributed by atoms with Gasteiger partial charge in [0.25, 0.3) is 0 Å². The summed E-state index contributed by atoms with van der Waals surface area (Å²) in [6, 6.07) is 6.28. The molecule has 2 aliphatic rings. The molecule has 2 aromatic rings. The van der Waals surface area contributed by atoms with Gasteiger partial charge in [0.1, 0.15) is 5.82 Å². The zero-order valence-corrected chi connectivity index (χ0v) is 14.0. The van der Waals surface area contributed by atoms with Crippen LogP contribution < -0.4 is 5.32 Å². The van der Waals surface area contributed by atoms with Crippen molar-refractivity contribution < 1.29 is 4.79 Å². The SMILES string of the molecule is CC1c2ncc(CNC(=O)C3CC3)n2CCN1Cc1ccccn1. The maximum Gasteiger partial charge on any atom is 0.223 e. The molecule has 0 spiro atoms. The van der Waals surface area contributed by atoms with Crippen LogP contribution in [0.4, 0.5) is 0 Å². The molecule has 1 fully saturated rings. The van der Waals surface area contributed by atoms with E-state index in [-0.39, 0.29) is 17.9 Å². The molecule has 1 N–H and O–H groups in total. The van der Waals surface area contributed by atoms with Gasteiger partial charge in [-0.15, -0.1) is 0 Å². The van der Waals surface area contributed by atoms with Crippen molar-refractivity contribution in [1.29, 1.82) is 0 Å². The maximum atomic E-state index is 11.8. The summed E-state index contributed by atoms with van der Waals surface area (Å²) in [4.78, 5) is 23.3. The van der Waals surface area contributed by atoms with E-state index in [1.165, 1.54) is 0 Å². The van der Waals surface area contributed by atoms with Gasteiger partial charge >= 0.3 is 0 Å². The van der Waals surface area contributed by atoms with Crippen LogP contribution in [-0.4, -0.2) is 31.9 Å². The quantitative estimate of drug-likeness (QED) is 0.912. The maximum absolute atomic E-state index is 11.8. The summed E-state index contributed by atoms with van der Waals surface area (Å²) >= 11 is 0. The van der Waals surface area contributed by atoms with Gasteiger partial charge in [-0.2, -0.15) is 0 Å². The first-order valence-corrected chi connectivity index (χ1v) is 8.68. The van der Waals surface area contributed by atoms with Crippen molar-refractivity contribution in [1.82, 2.24) is 24.8 Å². The van der Waals surface area contributed by atoms with Crippen molar-refractivity contribution in [2.45, 2.75) is 45.4 Å². The van der Waals surface area contributed by atoms with Crippen LogP contribution in [-0.2, 0) is 24.4 Å². The standard InChI is InChI=1S/C18H23N5O/c1-13-17-20-10-16(11-21-18(24)14-5-6-14)23(17)9-8-22(13)12-15-4-2-3-7-19-15/h2-4,7,10,13-14H,5-6,8-9,11-12H2,1H3,(H,21,24). The number of hydrogen-bond acceptors (Lipinski definition) is 4. The zero-order valence-electron chi connectivity index (χ0n) is 14.0. The minimum absolute atomic E-state index is 0.186. The fourth-order valence-electron chi connectivity index (χ4n) is 3.33. The van der Waals surface area contributed by atoms with E-state index in [1.807, 2.05) is 24.5 Å². The highest BCUT2D eigenvalue weighted by molar-refractivity contribution is 5.80. The highest BCUT2D eigenvalue weighted by atomic mass is 16.2. The Balaban J connectivity index is 1.43. The van der Waals surface area contributed by atoms with Crippen LogP contribution >= 0.6 is 0 Å². The second-order valence-electron chi connectivity index (χ2n) is 6.72. The van der Waals surface area contributed by atoms with Crippen LogP contribution in [0.15, 0.2) is 30.6 Å². The van der Waals surface area contributed by atoms with Crippen LogP contribution in [0.2, 0.25) is 0 Å². The van der Waals surface area contributed by atoms with E-state index in [4.69, 9.17) is 0 Å². The molecule has 3 heterocycles. The highest BCUT2D eigenvalue weighted by Crippen LogP contribution is 2.29. The molecule has 0 saturated heterocycles. The number of nitrogens with zero attached hydrogens (tertiary/aromatic N) is 4. The molecular formula is C18H23N5O. The summed E-state index contributed by atoms with van der Waals surface area (Å²) in [6.07, 6.45) is 5.82. The van der Waals surface area contributed by atoms with E-state index in [0.717, 1.165) is 49.7 Å². The molecule has 6 nitrogen and oxygen atoms in total. The number of carbonyl (C=O) groups excluding carboxylic acids is 1. The van der Waals surface area contributed by atoms with Crippen LogP contribution in [0.5, 0.6) is 0 Å². The Morgan fingerprint density at radius 1 is 1.29 bits per heavy atom. The lowest BCUT2D eigenvalue weighted by Gasteiger charge is -2.34. The minimum Gasteiger partial charge on any atom is -0.350 e. The van der Waals surface area contributed by atoms with E-state index >= 15 is 0 Å². The first kappa shape index (κ1) is 15.3. The summed E-state index contributed by atoms with van der Waals surface area (Å²) in [7, 11) is 0. The lowest BCUT2D eigenvalue weighted by molar-refractivity contribution is -0.122. The predicted octanol–water partition coefficient (Wildman–Crippen LogP) is 1.88. The molecule has 126 valence electrons. The summed E-state index contributed by atoms with van der Waals surface area (Å²) < 4.78 is 2.26. The van der Waals surface area contributed by atoms with Gasteiger partial charge in [0.15, 0.2) is 0 Å². The van der Waals surface area contributed by atoms with Crippen molar-refractivity contribution in [3.63, 3.8) is 0 Å². The third-order valence-electron chi connectivity index (χ3n) is 4.98. The van der Waals surface area contributed by atoms with Crippen molar-refractivity contribution in [2.75, 3.05) is 6.54 Å². The number of amides is 1. The van der Waals surface area contributed by atoms with Crippen molar-refractivity contribution in [3.05, 3.63) is 47.8 Å². The zero-order chi connectivity index (χ0) is 16.5. The molecule has 6 heteroatoms. The Bertz CT molecular complexity index is 722. The van der Waals surface area contributed by atoms with E-state index in [1.54, 1.807) is 0 Å². The molecule has 2 aromatic heterocycles. The Morgan fingerprint density at radius 3 is 2.92 bits per heavy atom. The monoisotopic (exact) mass is 325 g/mol. The molecule has 0 bridgehead atoms. The van der Waals surface area contributed by atoms with E-state index in [9.17, 15) is 4.79 Å². The smallest absolute Gasteiger partial charge is 0.223 e. The average Bonchev–Trinajstić information content (AvgIpc) is 3.37. The van der Waals surface area contributed by atoms with E-state index in [0.29, 0.717) is 6.54 Å². The lowest BCUT2D eigenvalue weighted by Crippen LogP contribution is -2.37. The van der Waals surface area contributed by atoms with Crippen LogP contribution in [0.3, 0.4) is 0 Å². The molecule has 1 unspecified atom stereocenters.